The molecule has 2 N–H and O–H groups in total. The van der Waals surface area contributed by atoms with Crippen LogP contribution < -0.4 is 10.5 Å². The number of benzene rings is 3. The molecular weight excluding hydrogens is 320 g/mol. The molecule has 1 aliphatic rings. The van der Waals surface area contributed by atoms with E-state index in [0.29, 0.717) is 16.3 Å². The first-order valence-corrected chi connectivity index (χ1v) is 7.91. The van der Waals surface area contributed by atoms with Gasteiger partial charge in [-0.25, -0.2) is 0 Å². The van der Waals surface area contributed by atoms with E-state index in [1.807, 2.05) is 60.7 Å². The summed E-state index contributed by atoms with van der Waals surface area (Å²) in [5.41, 5.74) is 8.30. The lowest BCUT2D eigenvalue weighted by Crippen LogP contribution is -2.21. The van der Waals surface area contributed by atoms with Crippen LogP contribution in [0.15, 0.2) is 72.1 Å². The molecule has 3 nitrogen and oxygen atoms in total. The molecule has 1 heterocycles. The molecule has 0 fully saturated rings. The van der Waals surface area contributed by atoms with E-state index in [0.717, 1.165) is 21.9 Å². The molecule has 0 amide bonds. The predicted octanol–water partition coefficient (Wildman–Crippen LogP) is 4.71. The number of nitrogens with two attached hydrogens (primary N) is 1. The zero-order chi connectivity index (χ0) is 16.7. The van der Waals surface area contributed by atoms with Gasteiger partial charge in [-0.15, -0.1) is 0 Å². The highest BCUT2D eigenvalue weighted by atomic mass is 35.5. The summed E-state index contributed by atoms with van der Waals surface area (Å²) in [6.07, 6.45) is 0. The van der Waals surface area contributed by atoms with Crippen LogP contribution in [0.4, 0.5) is 0 Å². The maximum absolute atomic E-state index is 9.60. The molecule has 3 aromatic carbocycles. The van der Waals surface area contributed by atoms with Gasteiger partial charge in [0, 0.05) is 16.0 Å². The molecule has 0 saturated heterocycles. The van der Waals surface area contributed by atoms with E-state index in [1.165, 1.54) is 0 Å². The largest absolute Gasteiger partial charge is 0.440 e. The summed E-state index contributed by atoms with van der Waals surface area (Å²) >= 11 is 6.15. The topological polar surface area (TPSA) is 59.0 Å². The van der Waals surface area contributed by atoms with Crippen molar-refractivity contribution in [1.82, 2.24) is 0 Å². The Kier molecular flexibility index (Phi) is 3.41. The van der Waals surface area contributed by atoms with Crippen molar-refractivity contribution in [3.8, 4) is 11.8 Å². The predicted molar refractivity (Wildman–Crippen MR) is 94.7 cm³/mol. The van der Waals surface area contributed by atoms with E-state index in [1.54, 1.807) is 0 Å². The highest BCUT2D eigenvalue weighted by molar-refractivity contribution is 6.30. The van der Waals surface area contributed by atoms with Crippen LogP contribution in [0, 0.1) is 11.3 Å². The molecule has 0 bridgehead atoms. The van der Waals surface area contributed by atoms with Crippen molar-refractivity contribution in [2.75, 3.05) is 0 Å². The minimum absolute atomic E-state index is 0.145. The normalized spacial score (nSPS) is 16.4. The Labute approximate surface area is 144 Å². The molecule has 0 unspecified atom stereocenters. The average molecular weight is 333 g/mol. The van der Waals surface area contributed by atoms with Crippen molar-refractivity contribution in [2.45, 2.75) is 5.92 Å². The number of nitrogens with zero attached hydrogens (tertiary/aromatic N) is 1. The van der Waals surface area contributed by atoms with Crippen molar-refractivity contribution >= 4 is 22.4 Å². The number of hydrogen-bond donors (Lipinski definition) is 1. The number of ether oxygens (including phenoxy) is 1. The van der Waals surface area contributed by atoms with Gasteiger partial charge in [0.25, 0.3) is 0 Å². The fraction of sp³-hybridized carbons (Fsp3) is 0.0500. The van der Waals surface area contributed by atoms with Crippen LogP contribution in [0.2, 0.25) is 5.02 Å². The molecule has 3 aromatic rings. The van der Waals surface area contributed by atoms with Gasteiger partial charge in [0.15, 0.2) is 0 Å². The van der Waals surface area contributed by atoms with Crippen LogP contribution in [0.5, 0.6) is 5.75 Å². The second-order valence-corrected chi connectivity index (χ2v) is 6.12. The van der Waals surface area contributed by atoms with Gasteiger partial charge in [-0.1, -0.05) is 60.1 Å². The molecule has 24 heavy (non-hydrogen) atoms. The van der Waals surface area contributed by atoms with Gasteiger partial charge in [0.05, 0.1) is 5.92 Å². The summed E-state index contributed by atoms with van der Waals surface area (Å²) in [4.78, 5) is 0. The first-order chi connectivity index (χ1) is 11.7. The first kappa shape index (κ1) is 14.6. The molecule has 4 heteroatoms. The van der Waals surface area contributed by atoms with E-state index in [4.69, 9.17) is 22.1 Å². The van der Waals surface area contributed by atoms with Gasteiger partial charge in [-0.3, -0.25) is 0 Å². The Morgan fingerprint density at radius 2 is 1.88 bits per heavy atom. The van der Waals surface area contributed by atoms with Crippen LogP contribution in [-0.2, 0) is 0 Å². The lowest BCUT2D eigenvalue weighted by atomic mass is 9.82. The highest BCUT2D eigenvalue weighted by Gasteiger charge is 2.31. The molecule has 0 radical (unpaired) electrons. The molecule has 0 spiro atoms. The molecule has 0 saturated carbocycles. The van der Waals surface area contributed by atoms with E-state index < -0.39 is 0 Å². The zero-order valence-electron chi connectivity index (χ0n) is 12.7. The monoisotopic (exact) mass is 332 g/mol. The number of nitriles is 1. The number of rotatable bonds is 1. The van der Waals surface area contributed by atoms with Gasteiger partial charge < -0.3 is 10.5 Å². The van der Waals surface area contributed by atoms with E-state index in [9.17, 15) is 5.26 Å². The van der Waals surface area contributed by atoms with Crippen molar-refractivity contribution in [1.29, 1.82) is 5.26 Å². The van der Waals surface area contributed by atoms with Crippen LogP contribution in [-0.4, -0.2) is 0 Å². The Morgan fingerprint density at radius 3 is 2.67 bits per heavy atom. The summed E-state index contributed by atoms with van der Waals surface area (Å²) in [5.74, 6) is 0.558. The number of halogens is 1. The second-order valence-electron chi connectivity index (χ2n) is 5.68. The average Bonchev–Trinajstić information content (AvgIpc) is 2.60. The number of allylic oxidation sites excluding steroid dienone is 1. The van der Waals surface area contributed by atoms with Crippen LogP contribution >= 0.6 is 11.6 Å². The number of fused-ring (bicyclic) bond motifs is 3. The van der Waals surface area contributed by atoms with Crippen LogP contribution in [0.1, 0.15) is 17.0 Å². The summed E-state index contributed by atoms with van der Waals surface area (Å²) in [5, 5.41) is 12.3. The minimum Gasteiger partial charge on any atom is -0.440 e. The lowest BCUT2D eigenvalue weighted by molar-refractivity contribution is 0.398. The van der Waals surface area contributed by atoms with E-state index in [2.05, 4.69) is 6.07 Å². The Bertz CT molecular complexity index is 1030. The van der Waals surface area contributed by atoms with Gasteiger partial charge in [-0.05, 0) is 23.1 Å². The molecule has 0 aromatic heterocycles. The summed E-state index contributed by atoms with van der Waals surface area (Å²) in [7, 11) is 0. The Morgan fingerprint density at radius 1 is 1.04 bits per heavy atom. The summed E-state index contributed by atoms with van der Waals surface area (Å²) in [6, 6.07) is 21.7. The van der Waals surface area contributed by atoms with Crippen molar-refractivity contribution in [2.24, 2.45) is 5.73 Å². The minimum atomic E-state index is -0.290. The SMILES string of the molecule is N#CC1=C(N)Oc2c(ccc3ccccc23)[C@@H]1c1cccc(Cl)c1. The quantitative estimate of drug-likeness (QED) is 0.702. The molecule has 0 aliphatic carbocycles. The summed E-state index contributed by atoms with van der Waals surface area (Å²) in [6.45, 7) is 0. The lowest BCUT2D eigenvalue weighted by Gasteiger charge is -2.27. The maximum Gasteiger partial charge on any atom is 0.205 e. The molecule has 4 rings (SSSR count). The Hall–Kier alpha value is -2.96. The molecular formula is C20H13ClN2O. The third-order valence-electron chi connectivity index (χ3n) is 4.29. The van der Waals surface area contributed by atoms with Crippen LogP contribution in [0.3, 0.4) is 0 Å². The third-order valence-corrected chi connectivity index (χ3v) is 4.52. The maximum atomic E-state index is 9.60. The second kappa shape index (κ2) is 5.59. The first-order valence-electron chi connectivity index (χ1n) is 7.53. The smallest absolute Gasteiger partial charge is 0.205 e. The van der Waals surface area contributed by atoms with E-state index >= 15 is 0 Å². The number of hydrogen-bond acceptors (Lipinski definition) is 3. The van der Waals surface area contributed by atoms with Gasteiger partial charge in [-0.2, -0.15) is 5.26 Å². The fourth-order valence-electron chi connectivity index (χ4n) is 3.22. The van der Waals surface area contributed by atoms with Gasteiger partial charge >= 0.3 is 0 Å². The fourth-order valence-corrected chi connectivity index (χ4v) is 3.41. The van der Waals surface area contributed by atoms with Crippen molar-refractivity contribution in [3.63, 3.8) is 0 Å². The van der Waals surface area contributed by atoms with Crippen molar-refractivity contribution < 1.29 is 4.74 Å². The molecule has 1 aliphatic heterocycles. The summed E-state index contributed by atoms with van der Waals surface area (Å²) < 4.78 is 5.83. The van der Waals surface area contributed by atoms with Gasteiger partial charge in [0.2, 0.25) is 5.88 Å². The third kappa shape index (κ3) is 2.20. The molecule has 1 atom stereocenters. The standard InChI is InChI=1S/C20H13ClN2O/c21-14-6-3-5-13(10-14)18-16-9-8-12-4-1-2-7-15(12)19(16)24-20(23)17(18)11-22/h1-10,18H,23H2/t18-/m0/s1. The zero-order valence-corrected chi connectivity index (χ0v) is 13.4. The van der Waals surface area contributed by atoms with Crippen LogP contribution in [0.25, 0.3) is 10.8 Å². The van der Waals surface area contributed by atoms with Crippen molar-refractivity contribution in [3.05, 3.63) is 88.3 Å². The van der Waals surface area contributed by atoms with Gasteiger partial charge in [0.1, 0.15) is 17.4 Å². The highest BCUT2D eigenvalue weighted by Crippen LogP contribution is 2.45. The Balaban J connectivity index is 2.02. The molecule has 116 valence electrons. The van der Waals surface area contributed by atoms with E-state index in [-0.39, 0.29) is 11.8 Å².